The molecule has 1 saturated carbocycles. The Morgan fingerprint density at radius 1 is 1.50 bits per heavy atom. The number of aldehydes is 1. The van der Waals surface area contributed by atoms with Gasteiger partial charge in [-0.25, -0.2) is 4.79 Å². The molecule has 1 N–H and O–H groups in total. The summed E-state index contributed by atoms with van der Waals surface area (Å²) in [5, 5.41) is 9.10. The minimum atomic E-state index is -1.07. The van der Waals surface area contributed by atoms with Crippen LogP contribution in [0.1, 0.15) is 52.0 Å². The van der Waals surface area contributed by atoms with Gasteiger partial charge in [-0.2, -0.15) is 0 Å². The van der Waals surface area contributed by atoms with Gasteiger partial charge in [-0.3, -0.25) is 4.79 Å². The summed E-state index contributed by atoms with van der Waals surface area (Å²) >= 11 is 0. The Bertz CT molecular complexity index is 426. The number of aryl methyl sites for hydroxylation is 1. The van der Waals surface area contributed by atoms with Crippen molar-refractivity contribution in [2.24, 2.45) is 5.92 Å². The maximum Gasteiger partial charge on any atom is 0.340 e. The summed E-state index contributed by atoms with van der Waals surface area (Å²) in [4.78, 5) is 22.0. The monoisotopic (exact) mass is 222 g/mol. The molecule has 86 valence electrons. The number of carboxylic acids is 1. The summed E-state index contributed by atoms with van der Waals surface area (Å²) in [7, 11) is 0. The van der Waals surface area contributed by atoms with Gasteiger partial charge in [0.15, 0.2) is 6.29 Å². The molecule has 0 bridgehead atoms. The van der Waals surface area contributed by atoms with E-state index in [-0.39, 0.29) is 11.1 Å². The van der Waals surface area contributed by atoms with E-state index in [2.05, 4.69) is 0 Å². The van der Waals surface area contributed by atoms with E-state index in [4.69, 9.17) is 9.52 Å². The molecule has 0 spiro atoms. The number of carboxylic acid groups (broad SMARTS) is 1. The van der Waals surface area contributed by atoms with Crippen molar-refractivity contribution in [2.45, 2.75) is 32.6 Å². The van der Waals surface area contributed by atoms with E-state index >= 15 is 0 Å². The lowest BCUT2D eigenvalue weighted by atomic mass is 10.1. The molecule has 0 aromatic carbocycles. The second-order valence-corrected chi connectivity index (χ2v) is 4.16. The van der Waals surface area contributed by atoms with Crippen molar-refractivity contribution in [3.05, 3.63) is 22.6 Å². The van der Waals surface area contributed by atoms with Crippen LogP contribution in [0.2, 0.25) is 0 Å². The van der Waals surface area contributed by atoms with Crippen LogP contribution in [0.25, 0.3) is 0 Å². The van der Waals surface area contributed by atoms with E-state index in [1.54, 1.807) is 0 Å². The molecule has 4 nitrogen and oxygen atoms in total. The van der Waals surface area contributed by atoms with Crippen LogP contribution in [0.5, 0.6) is 0 Å². The Morgan fingerprint density at radius 3 is 2.62 bits per heavy atom. The number of aromatic carboxylic acids is 1. The Kier molecular flexibility index (Phi) is 2.81. The van der Waals surface area contributed by atoms with Crippen LogP contribution in [0.3, 0.4) is 0 Å². The van der Waals surface area contributed by atoms with Gasteiger partial charge >= 0.3 is 5.97 Å². The van der Waals surface area contributed by atoms with Gasteiger partial charge in [-0.05, 0) is 18.8 Å². The molecular formula is C12H14O4. The lowest BCUT2D eigenvalue weighted by Gasteiger charge is -1.96. The predicted molar refractivity (Wildman–Crippen MR) is 56.9 cm³/mol. The van der Waals surface area contributed by atoms with Crippen molar-refractivity contribution in [1.82, 2.24) is 0 Å². The third-order valence-corrected chi connectivity index (χ3v) is 2.92. The Hall–Kier alpha value is -1.58. The summed E-state index contributed by atoms with van der Waals surface area (Å²) in [6.07, 6.45) is 4.01. The van der Waals surface area contributed by atoms with Crippen molar-refractivity contribution in [3.63, 3.8) is 0 Å². The quantitative estimate of drug-likeness (QED) is 0.776. The van der Waals surface area contributed by atoms with E-state index in [0.717, 1.165) is 12.8 Å². The number of carbonyl (C=O) groups excluding carboxylic acids is 1. The Labute approximate surface area is 93.3 Å². The van der Waals surface area contributed by atoms with E-state index in [1.807, 2.05) is 6.92 Å². The van der Waals surface area contributed by atoms with E-state index in [0.29, 0.717) is 36.6 Å². The SMILES string of the molecule is CCc1oc(CC2CC2)c(C(=O)O)c1C=O. The summed E-state index contributed by atoms with van der Waals surface area (Å²) < 4.78 is 5.49. The first-order chi connectivity index (χ1) is 7.67. The van der Waals surface area contributed by atoms with Gasteiger partial charge < -0.3 is 9.52 Å². The summed E-state index contributed by atoms with van der Waals surface area (Å²) in [5.41, 5.74) is 0.282. The number of furan rings is 1. The topological polar surface area (TPSA) is 67.5 Å². The number of carbonyl (C=O) groups is 2. The average Bonchev–Trinajstić information content (AvgIpc) is 2.97. The minimum absolute atomic E-state index is 0.0683. The largest absolute Gasteiger partial charge is 0.478 e. The number of hydrogen-bond acceptors (Lipinski definition) is 3. The minimum Gasteiger partial charge on any atom is -0.478 e. The van der Waals surface area contributed by atoms with Crippen molar-refractivity contribution in [3.8, 4) is 0 Å². The van der Waals surface area contributed by atoms with Gasteiger partial charge in [-0.1, -0.05) is 6.92 Å². The van der Waals surface area contributed by atoms with Crippen LogP contribution >= 0.6 is 0 Å². The Balaban J connectivity index is 2.44. The highest BCUT2D eigenvalue weighted by Crippen LogP contribution is 2.35. The summed E-state index contributed by atoms with van der Waals surface area (Å²) in [6.45, 7) is 1.85. The van der Waals surface area contributed by atoms with Crippen molar-refractivity contribution < 1.29 is 19.1 Å². The molecular weight excluding hydrogens is 208 g/mol. The average molecular weight is 222 g/mol. The zero-order valence-electron chi connectivity index (χ0n) is 9.16. The first-order valence-corrected chi connectivity index (χ1v) is 5.50. The fourth-order valence-corrected chi connectivity index (χ4v) is 1.89. The molecule has 0 radical (unpaired) electrons. The van der Waals surface area contributed by atoms with Crippen LogP contribution in [-0.4, -0.2) is 17.4 Å². The first-order valence-electron chi connectivity index (χ1n) is 5.50. The molecule has 1 aliphatic rings. The number of hydrogen-bond donors (Lipinski definition) is 1. The fraction of sp³-hybridized carbons (Fsp3) is 0.500. The first kappa shape index (κ1) is 10.9. The van der Waals surface area contributed by atoms with Crippen LogP contribution in [0.4, 0.5) is 0 Å². The molecule has 16 heavy (non-hydrogen) atoms. The fourth-order valence-electron chi connectivity index (χ4n) is 1.89. The normalized spacial score (nSPS) is 15.1. The third-order valence-electron chi connectivity index (χ3n) is 2.92. The standard InChI is InChI=1S/C12H14O4/c1-2-9-8(6-13)11(12(14)15)10(16-9)5-7-3-4-7/h6-7H,2-5H2,1H3,(H,14,15). The molecule has 0 unspecified atom stereocenters. The maximum atomic E-state index is 11.1. The van der Waals surface area contributed by atoms with Gasteiger partial charge in [0, 0.05) is 12.8 Å². The molecule has 1 aromatic heterocycles. The Morgan fingerprint density at radius 2 is 2.19 bits per heavy atom. The highest BCUT2D eigenvalue weighted by atomic mass is 16.4. The molecule has 1 aliphatic carbocycles. The van der Waals surface area contributed by atoms with Crippen LogP contribution in [0, 0.1) is 5.92 Å². The molecule has 0 atom stereocenters. The van der Waals surface area contributed by atoms with Crippen LogP contribution in [0.15, 0.2) is 4.42 Å². The van der Waals surface area contributed by atoms with Crippen molar-refractivity contribution in [2.75, 3.05) is 0 Å². The van der Waals surface area contributed by atoms with Gasteiger partial charge in [0.2, 0.25) is 0 Å². The van der Waals surface area contributed by atoms with Crippen molar-refractivity contribution in [1.29, 1.82) is 0 Å². The molecule has 0 saturated heterocycles. The zero-order chi connectivity index (χ0) is 11.7. The van der Waals surface area contributed by atoms with Crippen LogP contribution < -0.4 is 0 Å². The lowest BCUT2D eigenvalue weighted by molar-refractivity contribution is 0.0691. The summed E-state index contributed by atoms with van der Waals surface area (Å²) in [5.74, 6) is 0.423. The molecule has 1 fully saturated rings. The van der Waals surface area contributed by atoms with E-state index in [1.165, 1.54) is 0 Å². The van der Waals surface area contributed by atoms with Gasteiger partial charge in [0.05, 0.1) is 5.56 Å². The molecule has 0 amide bonds. The second kappa shape index (κ2) is 4.12. The second-order valence-electron chi connectivity index (χ2n) is 4.16. The number of rotatable bonds is 5. The molecule has 0 aliphatic heterocycles. The smallest absolute Gasteiger partial charge is 0.340 e. The molecule has 1 heterocycles. The maximum absolute atomic E-state index is 11.1. The van der Waals surface area contributed by atoms with Crippen molar-refractivity contribution >= 4 is 12.3 Å². The van der Waals surface area contributed by atoms with E-state index in [9.17, 15) is 9.59 Å². The van der Waals surface area contributed by atoms with Crippen LogP contribution in [-0.2, 0) is 12.8 Å². The third kappa shape index (κ3) is 1.87. The van der Waals surface area contributed by atoms with Gasteiger partial charge in [-0.15, -0.1) is 0 Å². The summed E-state index contributed by atoms with van der Waals surface area (Å²) in [6, 6.07) is 0. The highest BCUT2D eigenvalue weighted by molar-refractivity contribution is 5.98. The zero-order valence-corrected chi connectivity index (χ0v) is 9.16. The highest BCUT2D eigenvalue weighted by Gasteiger charge is 2.29. The lowest BCUT2D eigenvalue weighted by Crippen LogP contribution is -2.03. The molecule has 1 aromatic rings. The van der Waals surface area contributed by atoms with Gasteiger partial charge in [0.25, 0.3) is 0 Å². The van der Waals surface area contributed by atoms with E-state index < -0.39 is 5.97 Å². The predicted octanol–water partition coefficient (Wildman–Crippen LogP) is 2.31. The van der Waals surface area contributed by atoms with Gasteiger partial charge in [0.1, 0.15) is 17.1 Å². The molecule has 4 heteroatoms. The molecule has 2 rings (SSSR count).